The molecule has 0 aliphatic carbocycles. The van der Waals surface area contributed by atoms with Crippen molar-refractivity contribution in [3.63, 3.8) is 0 Å². The second-order valence-corrected chi connectivity index (χ2v) is 5.35. The van der Waals surface area contributed by atoms with Crippen LogP contribution in [0.4, 0.5) is 11.4 Å². The second-order valence-electron chi connectivity index (χ2n) is 5.35. The first kappa shape index (κ1) is 14.5. The minimum atomic E-state index is -0.145. The molecule has 22 heavy (non-hydrogen) atoms. The molecule has 0 atom stereocenters. The monoisotopic (exact) mass is 297 g/mol. The molecule has 1 aromatic carbocycles. The Kier molecular flexibility index (Phi) is 4.34. The summed E-state index contributed by atoms with van der Waals surface area (Å²) in [4.78, 5) is 18.7. The van der Waals surface area contributed by atoms with Crippen LogP contribution in [0.15, 0.2) is 42.7 Å². The first-order valence-corrected chi connectivity index (χ1v) is 7.38. The van der Waals surface area contributed by atoms with E-state index in [9.17, 15) is 4.79 Å². The SMILES string of the molecule is Cc1cccc(NC(=O)c2cncc(N3CCOCC3)c2)c1. The van der Waals surface area contributed by atoms with Crippen LogP contribution in [0.5, 0.6) is 0 Å². The molecule has 0 spiro atoms. The molecular weight excluding hydrogens is 278 g/mol. The number of aromatic nitrogens is 1. The maximum Gasteiger partial charge on any atom is 0.257 e. The summed E-state index contributed by atoms with van der Waals surface area (Å²) in [5.41, 5.74) is 3.42. The number of ether oxygens (including phenoxy) is 1. The van der Waals surface area contributed by atoms with Crippen molar-refractivity contribution < 1.29 is 9.53 Å². The van der Waals surface area contributed by atoms with Crippen molar-refractivity contribution in [3.05, 3.63) is 53.9 Å². The number of rotatable bonds is 3. The average Bonchev–Trinajstić information content (AvgIpc) is 2.56. The van der Waals surface area contributed by atoms with E-state index in [2.05, 4.69) is 15.2 Å². The van der Waals surface area contributed by atoms with Crippen LogP contribution in [-0.4, -0.2) is 37.2 Å². The molecule has 2 heterocycles. The number of hydrogen-bond acceptors (Lipinski definition) is 4. The number of amides is 1. The van der Waals surface area contributed by atoms with Gasteiger partial charge in [0.25, 0.3) is 5.91 Å². The molecule has 0 saturated carbocycles. The lowest BCUT2D eigenvalue weighted by Gasteiger charge is -2.28. The van der Waals surface area contributed by atoms with E-state index in [1.807, 2.05) is 37.3 Å². The highest BCUT2D eigenvalue weighted by molar-refractivity contribution is 6.04. The topological polar surface area (TPSA) is 54.5 Å². The van der Waals surface area contributed by atoms with Crippen LogP contribution in [0.1, 0.15) is 15.9 Å². The van der Waals surface area contributed by atoms with Crippen LogP contribution in [0.3, 0.4) is 0 Å². The van der Waals surface area contributed by atoms with E-state index in [1.54, 1.807) is 12.4 Å². The lowest BCUT2D eigenvalue weighted by Crippen LogP contribution is -2.36. The molecule has 0 bridgehead atoms. The fraction of sp³-hybridized carbons (Fsp3) is 0.294. The summed E-state index contributed by atoms with van der Waals surface area (Å²) >= 11 is 0. The maximum atomic E-state index is 12.4. The number of anilines is 2. The van der Waals surface area contributed by atoms with E-state index >= 15 is 0 Å². The van der Waals surface area contributed by atoms with Gasteiger partial charge in [-0.3, -0.25) is 9.78 Å². The molecule has 5 nitrogen and oxygen atoms in total. The van der Waals surface area contributed by atoms with Crippen LogP contribution >= 0.6 is 0 Å². The number of carbonyl (C=O) groups is 1. The van der Waals surface area contributed by atoms with E-state index in [0.717, 1.165) is 30.0 Å². The first-order valence-electron chi connectivity index (χ1n) is 7.38. The van der Waals surface area contributed by atoms with Crippen molar-refractivity contribution in [3.8, 4) is 0 Å². The van der Waals surface area contributed by atoms with Gasteiger partial charge in [0.05, 0.1) is 30.7 Å². The van der Waals surface area contributed by atoms with Crippen molar-refractivity contribution in [1.29, 1.82) is 0 Å². The normalized spacial score (nSPS) is 14.7. The Morgan fingerprint density at radius 2 is 2.05 bits per heavy atom. The van der Waals surface area contributed by atoms with Crippen LogP contribution in [0.25, 0.3) is 0 Å². The van der Waals surface area contributed by atoms with E-state index in [0.29, 0.717) is 18.8 Å². The quantitative estimate of drug-likeness (QED) is 0.945. The largest absolute Gasteiger partial charge is 0.378 e. The predicted octanol–water partition coefficient (Wildman–Crippen LogP) is 2.48. The summed E-state index contributed by atoms with van der Waals surface area (Å²) in [7, 11) is 0. The van der Waals surface area contributed by atoms with Gasteiger partial charge in [0.1, 0.15) is 0 Å². The number of hydrogen-bond donors (Lipinski definition) is 1. The van der Waals surface area contributed by atoms with Crippen LogP contribution < -0.4 is 10.2 Å². The Morgan fingerprint density at radius 3 is 2.82 bits per heavy atom. The average molecular weight is 297 g/mol. The molecule has 1 aromatic heterocycles. The van der Waals surface area contributed by atoms with Gasteiger partial charge in [0, 0.05) is 25.0 Å². The van der Waals surface area contributed by atoms with Gasteiger partial charge in [0.15, 0.2) is 0 Å². The van der Waals surface area contributed by atoms with Gasteiger partial charge in [-0.2, -0.15) is 0 Å². The number of aryl methyl sites for hydroxylation is 1. The Morgan fingerprint density at radius 1 is 1.23 bits per heavy atom. The van der Waals surface area contributed by atoms with Gasteiger partial charge in [-0.05, 0) is 30.7 Å². The molecule has 1 N–H and O–H groups in total. The highest BCUT2D eigenvalue weighted by Crippen LogP contribution is 2.17. The molecule has 114 valence electrons. The Hall–Kier alpha value is -2.40. The van der Waals surface area contributed by atoms with Gasteiger partial charge in [-0.15, -0.1) is 0 Å². The van der Waals surface area contributed by atoms with E-state index in [-0.39, 0.29) is 5.91 Å². The van der Waals surface area contributed by atoms with Gasteiger partial charge >= 0.3 is 0 Å². The maximum absolute atomic E-state index is 12.4. The third-order valence-electron chi connectivity index (χ3n) is 3.64. The minimum Gasteiger partial charge on any atom is -0.378 e. The van der Waals surface area contributed by atoms with Crippen molar-refractivity contribution in [1.82, 2.24) is 4.98 Å². The summed E-state index contributed by atoms with van der Waals surface area (Å²) in [6.07, 6.45) is 3.38. The van der Waals surface area contributed by atoms with Crippen molar-refractivity contribution in [2.24, 2.45) is 0 Å². The molecule has 3 rings (SSSR count). The standard InChI is InChI=1S/C17H19N3O2/c1-13-3-2-4-15(9-13)19-17(21)14-10-16(12-18-11-14)20-5-7-22-8-6-20/h2-4,9-12H,5-8H2,1H3,(H,19,21). The van der Waals surface area contributed by atoms with Gasteiger partial charge in [-0.1, -0.05) is 12.1 Å². The number of benzene rings is 1. The highest BCUT2D eigenvalue weighted by Gasteiger charge is 2.14. The summed E-state index contributed by atoms with van der Waals surface area (Å²) in [5, 5.41) is 2.91. The first-order chi connectivity index (χ1) is 10.7. The van der Waals surface area contributed by atoms with Crippen molar-refractivity contribution in [2.45, 2.75) is 6.92 Å². The zero-order chi connectivity index (χ0) is 15.4. The molecule has 0 unspecified atom stereocenters. The Bertz CT molecular complexity index is 666. The zero-order valence-corrected chi connectivity index (χ0v) is 12.6. The molecule has 0 radical (unpaired) electrons. The van der Waals surface area contributed by atoms with Crippen LogP contribution in [0.2, 0.25) is 0 Å². The number of carbonyl (C=O) groups excluding carboxylic acids is 1. The molecular formula is C17H19N3O2. The number of nitrogens with one attached hydrogen (secondary N) is 1. The summed E-state index contributed by atoms with van der Waals surface area (Å²) in [6, 6.07) is 9.62. The fourth-order valence-electron chi connectivity index (χ4n) is 2.47. The number of morpholine rings is 1. The Labute approximate surface area is 129 Å². The molecule has 1 aliphatic heterocycles. The molecule has 1 fully saturated rings. The molecule has 1 amide bonds. The lowest BCUT2D eigenvalue weighted by molar-refractivity contribution is 0.102. The molecule has 5 heteroatoms. The summed E-state index contributed by atoms with van der Waals surface area (Å²) in [6.45, 7) is 5.06. The van der Waals surface area contributed by atoms with E-state index in [4.69, 9.17) is 4.74 Å². The summed E-state index contributed by atoms with van der Waals surface area (Å²) < 4.78 is 5.35. The fourth-order valence-corrected chi connectivity index (χ4v) is 2.47. The lowest BCUT2D eigenvalue weighted by atomic mass is 10.2. The molecule has 1 aliphatic rings. The molecule has 1 saturated heterocycles. The third-order valence-corrected chi connectivity index (χ3v) is 3.64. The van der Waals surface area contributed by atoms with Gasteiger partial charge < -0.3 is 15.0 Å². The van der Waals surface area contributed by atoms with Crippen molar-refractivity contribution >= 4 is 17.3 Å². The van der Waals surface area contributed by atoms with E-state index < -0.39 is 0 Å². The van der Waals surface area contributed by atoms with E-state index in [1.165, 1.54) is 0 Å². The van der Waals surface area contributed by atoms with Crippen LogP contribution in [0, 0.1) is 6.92 Å². The highest BCUT2D eigenvalue weighted by atomic mass is 16.5. The smallest absolute Gasteiger partial charge is 0.257 e. The number of nitrogens with zero attached hydrogens (tertiary/aromatic N) is 2. The van der Waals surface area contributed by atoms with Crippen LogP contribution in [-0.2, 0) is 4.74 Å². The minimum absolute atomic E-state index is 0.145. The third kappa shape index (κ3) is 3.43. The predicted molar refractivity (Wildman–Crippen MR) is 86.4 cm³/mol. The van der Waals surface area contributed by atoms with Crippen molar-refractivity contribution in [2.75, 3.05) is 36.5 Å². The zero-order valence-electron chi connectivity index (χ0n) is 12.6. The summed E-state index contributed by atoms with van der Waals surface area (Å²) in [5.74, 6) is -0.145. The number of pyridine rings is 1. The Balaban J connectivity index is 1.75. The molecule has 2 aromatic rings. The van der Waals surface area contributed by atoms with Gasteiger partial charge in [-0.25, -0.2) is 0 Å². The second kappa shape index (κ2) is 6.58. The van der Waals surface area contributed by atoms with Gasteiger partial charge in [0.2, 0.25) is 0 Å².